The van der Waals surface area contributed by atoms with Crippen molar-refractivity contribution in [2.24, 2.45) is 0 Å². The minimum atomic E-state index is -3.90. The predicted molar refractivity (Wildman–Crippen MR) is 58.9 cm³/mol. The first-order valence-electron chi connectivity index (χ1n) is 4.34. The van der Waals surface area contributed by atoms with Crippen LogP contribution in [0.25, 0.3) is 0 Å². The molecule has 0 radical (unpaired) electrons. The molecule has 0 aromatic heterocycles. The van der Waals surface area contributed by atoms with E-state index < -0.39 is 22.0 Å². The number of benzene rings is 1. The molecule has 0 saturated carbocycles. The molecule has 0 aliphatic rings. The predicted octanol–water partition coefficient (Wildman–Crippen LogP) is 1.09. The molecular weight excluding hydrogens is 254 g/mol. The van der Waals surface area contributed by atoms with Crippen LogP contribution >= 0.6 is 11.6 Å². The number of hydrogen-bond donors (Lipinski definition) is 2. The summed E-state index contributed by atoms with van der Waals surface area (Å²) in [5.41, 5.74) is 0. The first kappa shape index (κ1) is 13.0. The molecule has 2 N–H and O–H groups in total. The van der Waals surface area contributed by atoms with Gasteiger partial charge in [0.05, 0.1) is 5.02 Å². The van der Waals surface area contributed by atoms with Crippen LogP contribution in [0.3, 0.4) is 0 Å². The van der Waals surface area contributed by atoms with E-state index in [1.807, 2.05) is 4.72 Å². The quantitative estimate of drug-likeness (QED) is 0.852. The zero-order chi connectivity index (χ0) is 12.3. The van der Waals surface area contributed by atoms with Crippen LogP contribution in [0.4, 0.5) is 0 Å². The fraction of sp³-hybridized carbons (Fsp3) is 0.222. The van der Waals surface area contributed by atoms with E-state index in [2.05, 4.69) is 0 Å². The van der Waals surface area contributed by atoms with Gasteiger partial charge < -0.3 is 5.11 Å². The summed E-state index contributed by atoms with van der Waals surface area (Å²) in [6, 6.07) is 4.61. The summed E-state index contributed by atoms with van der Waals surface area (Å²) in [6.07, 6.45) is 0. The van der Waals surface area contributed by atoms with Crippen LogP contribution in [0.1, 0.15) is 6.92 Å². The number of carbonyl (C=O) groups is 1. The molecule has 88 valence electrons. The van der Waals surface area contributed by atoms with E-state index in [0.29, 0.717) is 0 Å². The fourth-order valence-corrected chi connectivity index (χ4v) is 2.73. The first-order valence-corrected chi connectivity index (χ1v) is 6.20. The van der Waals surface area contributed by atoms with Crippen molar-refractivity contribution in [3.05, 3.63) is 29.3 Å². The van der Waals surface area contributed by atoms with Gasteiger partial charge in [-0.15, -0.1) is 0 Å². The Bertz CT molecular complexity index is 500. The lowest BCUT2D eigenvalue weighted by Gasteiger charge is -2.10. The fourth-order valence-electron chi connectivity index (χ4n) is 1.01. The summed E-state index contributed by atoms with van der Waals surface area (Å²) in [4.78, 5) is 10.4. The molecule has 7 heteroatoms. The van der Waals surface area contributed by atoms with Gasteiger partial charge in [0, 0.05) is 0 Å². The van der Waals surface area contributed by atoms with Crippen molar-refractivity contribution in [1.82, 2.24) is 4.72 Å². The van der Waals surface area contributed by atoms with Crippen molar-refractivity contribution in [3.8, 4) is 0 Å². The first-order chi connectivity index (χ1) is 7.34. The minimum absolute atomic E-state index is 0.0487. The van der Waals surface area contributed by atoms with Crippen LogP contribution in [0.2, 0.25) is 5.02 Å². The smallest absolute Gasteiger partial charge is 0.321 e. The number of hydrogen-bond acceptors (Lipinski definition) is 3. The van der Waals surface area contributed by atoms with Crippen molar-refractivity contribution >= 4 is 27.6 Å². The Morgan fingerprint density at radius 3 is 2.50 bits per heavy atom. The SMILES string of the molecule is CC(NS(=O)(=O)c1ccccc1Cl)C(=O)O. The highest BCUT2D eigenvalue weighted by Gasteiger charge is 2.23. The molecule has 0 aliphatic heterocycles. The Balaban J connectivity index is 3.04. The highest BCUT2D eigenvalue weighted by molar-refractivity contribution is 7.89. The molecule has 5 nitrogen and oxygen atoms in total. The Hall–Kier alpha value is -1.11. The maximum atomic E-state index is 11.7. The van der Waals surface area contributed by atoms with Crippen molar-refractivity contribution < 1.29 is 18.3 Å². The molecular formula is C9H10ClNO4S. The summed E-state index contributed by atoms with van der Waals surface area (Å²) < 4.78 is 25.4. The molecule has 1 unspecified atom stereocenters. The summed E-state index contributed by atoms with van der Waals surface area (Å²) >= 11 is 5.71. The van der Waals surface area contributed by atoms with E-state index in [9.17, 15) is 13.2 Å². The zero-order valence-electron chi connectivity index (χ0n) is 8.34. The Kier molecular flexibility index (Phi) is 3.90. The van der Waals surface area contributed by atoms with Crippen LogP contribution in [0.5, 0.6) is 0 Å². The summed E-state index contributed by atoms with van der Waals surface area (Å²) in [5.74, 6) is -1.25. The lowest BCUT2D eigenvalue weighted by Crippen LogP contribution is -2.38. The van der Waals surface area contributed by atoms with Gasteiger partial charge in [0.1, 0.15) is 10.9 Å². The van der Waals surface area contributed by atoms with Crippen LogP contribution < -0.4 is 4.72 Å². The molecule has 0 saturated heterocycles. The van der Waals surface area contributed by atoms with Gasteiger partial charge in [-0.3, -0.25) is 4.79 Å². The number of carboxylic acids is 1. The lowest BCUT2D eigenvalue weighted by atomic mass is 10.4. The summed E-state index contributed by atoms with van der Waals surface area (Å²) in [6.45, 7) is 1.23. The molecule has 1 aromatic rings. The molecule has 1 atom stereocenters. The molecule has 0 aliphatic carbocycles. The normalized spacial score (nSPS) is 13.4. The maximum Gasteiger partial charge on any atom is 0.321 e. The molecule has 0 spiro atoms. The number of halogens is 1. The van der Waals surface area contributed by atoms with Gasteiger partial charge in [-0.25, -0.2) is 8.42 Å². The molecule has 0 fully saturated rings. The van der Waals surface area contributed by atoms with Crippen LogP contribution in [0, 0.1) is 0 Å². The number of sulfonamides is 1. The molecule has 16 heavy (non-hydrogen) atoms. The van der Waals surface area contributed by atoms with Gasteiger partial charge in [0.15, 0.2) is 0 Å². The van der Waals surface area contributed by atoms with E-state index in [-0.39, 0.29) is 9.92 Å². The number of carboxylic acid groups (broad SMARTS) is 1. The van der Waals surface area contributed by atoms with Crippen LogP contribution in [0.15, 0.2) is 29.2 Å². The van der Waals surface area contributed by atoms with Crippen molar-refractivity contribution in [2.45, 2.75) is 17.9 Å². The zero-order valence-corrected chi connectivity index (χ0v) is 9.92. The van der Waals surface area contributed by atoms with E-state index >= 15 is 0 Å². The molecule has 0 amide bonds. The highest BCUT2D eigenvalue weighted by Crippen LogP contribution is 2.20. The third-order valence-corrected chi connectivity index (χ3v) is 3.87. The van der Waals surface area contributed by atoms with Gasteiger partial charge in [-0.1, -0.05) is 23.7 Å². The van der Waals surface area contributed by atoms with Crippen molar-refractivity contribution in [3.63, 3.8) is 0 Å². The molecule has 1 aromatic carbocycles. The average molecular weight is 264 g/mol. The summed E-state index contributed by atoms with van der Waals surface area (Å²) in [7, 11) is -3.90. The van der Waals surface area contributed by atoms with Crippen LogP contribution in [-0.4, -0.2) is 25.5 Å². The number of aliphatic carboxylic acids is 1. The third kappa shape index (κ3) is 2.94. The maximum absolute atomic E-state index is 11.7. The molecule has 1 rings (SSSR count). The van der Waals surface area contributed by atoms with Gasteiger partial charge in [-0.05, 0) is 19.1 Å². The number of nitrogens with one attached hydrogen (secondary N) is 1. The second kappa shape index (κ2) is 4.82. The Labute approximate surface area is 98.1 Å². The van der Waals surface area contributed by atoms with Crippen LogP contribution in [-0.2, 0) is 14.8 Å². The van der Waals surface area contributed by atoms with E-state index in [4.69, 9.17) is 16.7 Å². The highest BCUT2D eigenvalue weighted by atomic mass is 35.5. The van der Waals surface area contributed by atoms with Gasteiger partial charge in [0.2, 0.25) is 10.0 Å². The topological polar surface area (TPSA) is 83.5 Å². The Morgan fingerprint density at radius 1 is 1.44 bits per heavy atom. The van der Waals surface area contributed by atoms with E-state index in [0.717, 1.165) is 0 Å². The monoisotopic (exact) mass is 263 g/mol. The molecule has 0 heterocycles. The second-order valence-corrected chi connectivity index (χ2v) is 5.20. The minimum Gasteiger partial charge on any atom is -0.480 e. The van der Waals surface area contributed by atoms with Gasteiger partial charge >= 0.3 is 5.97 Å². The van der Waals surface area contributed by atoms with Crippen molar-refractivity contribution in [1.29, 1.82) is 0 Å². The lowest BCUT2D eigenvalue weighted by molar-refractivity contribution is -0.138. The van der Waals surface area contributed by atoms with Gasteiger partial charge in [-0.2, -0.15) is 4.72 Å². The average Bonchev–Trinajstić information content (AvgIpc) is 2.17. The van der Waals surface area contributed by atoms with E-state index in [1.54, 1.807) is 6.07 Å². The molecule has 0 bridgehead atoms. The largest absolute Gasteiger partial charge is 0.480 e. The third-order valence-electron chi connectivity index (χ3n) is 1.83. The van der Waals surface area contributed by atoms with E-state index in [1.165, 1.54) is 25.1 Å². The number of rotatable bonds is 4. The van der Waals surface area contributed by atoms with Crippen molar-refractivity contribution in [2.75, 3.05) is 0 Å². The van der Waals surface area contributed by atoms with Gasteiger partial charge in [0.25, 0.3) is 0 Å². The standard InChI is InChI=1S/C9H10ClNO4S/c1-6(9(12)13)11-16(14,15)8-5-3-2-4-7(8)10/h2-6,11H,1H3,(H,12,13). The Morgan fingerprint density at radius 2 is 2.00 bits per heavy atom. The summed E-state index contributed by atoms with van der Waals surface area (Å²) in [5, 5.41) is 8.65. The second-order valence-electron chi connectivity index (χ2n) is 3.11.